The van der Waals surface area contributed by atoms with Crippen molar-refractivity contribution in [1.29, 1.82) is 0 Å². The first-order valence-corrected chi connectivity index (χ1v) is 7.13. The van der Waals surface area contributed by atoms with Gasteiger partial charge in [-0.05, 0) is 18.8 Å². The predicted octanol–water partition coefficient (Wildman–Crippen LogP) is 3.73. The molecule has 1 aromatic heterocycles. The Balaban J connectivity index is 2.02. The van der Waals surface area contributed by atoms with Crippen molar-refractivity contribution in [2.75, 3.05) is 14.2 Å². The van der Waals surface area contributed by atoms with Gasteiger partial charge in [0.05, 0.1) is 5.01 Å². The summed E-state index contributed by atoms with van der Waals surface area (Å²) in [4.78, 5) is 4.67. The van der Waals surface area contributed by atoms with Crippen LogP contribution in [0.3, 0.4) is 0 Å². The fourth-order valence-electron chi connectivity index (χ4n) is 2.44. The Bertz CT molecular complexity index is 341. The molecule has 0 radical (unpaired) electrons. The van der Waals surface area contributed by atoms with Gasteiger partial charge < -0.3 is 9.47 Å². The molecule has 0 spiro atoms. The summed E-state index contributed by atoms with van der Waals surface area (Å²) in [5, 5.41) is 3.32. The van der Waals surface area contributed by atoms with Crippen LogP contribution >= 0.6 is 11.3 Å². The summed E-state index contributed by atoms with van der Waals surface area (Å²) in [6.07, 6.45) is 4.90. The highest BCUT2D eigenvalue weighted by molar-refractivity contribution is 7.09. The molecule has 2 rings (SSSR count). The first-order chi connectivity index (χ1) is 8.24. The molecule has 1 heterocycles. The summed E-state index contributed by atoms with van der Waals surface area (Å²) in [5.74, 6) is 1.54. The van der Waals surface area contributed by atoms with Crippen molar-refractivity contribution in [2.45, 2.75) is 44.8 Å². The van der Waals surface area contributed by atoms with Gasteiger partial charge in [-0.2, -0.15) is 0 Å². The minimum absolute atomic E-state index is 0.317. The summed E-state index contributed by atoms with van der Waals surface area (Å²) in [6.45, 7) is 2.34. The third-order valence-electron chi connectivity index (χ3n) is 3.57. The van der Waals surface area contributed by atoms with Gasteiger partial charge in [0.25, 0.3) is 0 Å². The van der Waals surface area contributed by atoms with Crippen molar-refractivity contribution < 1.29 is 9.47 Å². The van der Waals surface area contributed by atoms with E-state index in [1.807, 2.05) is 0 Å². The Morgan fingerprint density at radius 1 is 1.24 bits per heavy atom. The van der Waals surface area contributed by atoms with Gasteiger partial charge in [0.1, 0.15) is 5.69 Å². The van der Waals surface area contributed by atoms with E-state index in [0.717, 1.165) is 11.6 Å². The molecule has 0 amide bonds. The lowest BCUT2D eigenvalue weighted by Crippen LogP contribution is -2.11. The van der Waals surface area contributed by atoms with E-state index in [9.17, 15) is 0 Å². The molecule has 0 aromatic carbocycles. The van der Waals surface area contributed by atoms with Gasteiger partial charge in [-0.15, -0.1) is 11.3 Å². The molecule has 4 heteroatoms. The number of aromatic nitrogens is 1. The maximum atomic E-state index is 5.23. The minimum Gasteiger partial charge on any atom is -0.350 e. The second-order valence-corrected chi connectivity index (χ2v) is 5.76. The number of hydrogen-bond donors (Lipinski definition) is 0. The van der Waals surface area contributed by atoms with E-state index in [0.29, 0.717) is 5.92 Å². The third kappa shape index (κ3) is 3.06. The molecule has 1 aromatic rings. The second kappa shape index (κ2) is 5.94. The number of rotatable bonds is 4. The number of methoxy groups -OCH3 is 2. The Morgan fingerprint density at radius 2 is 1.88 bits per heavy atom. The smallest absolute Gasteiger partial charge is 0.201 e. The number of ether oxygens (including phenoxy) is 2. The average molecular weight is 255 g/mol. The van der Waals surface area contributed by atoms with Gasteiger partial charge in [0, 0.05) is 25.5 Å². The molecule has 1 aliphatic rings. The molecular formula is C13H21NO2S. The standard InChI is InChI=1S/C13H21NO2S/c1-9-4-6-10(7-5-9)12-14-11(8-17-12)13(15-2)16-3/h8-10,13H,4-7H2,1-3H3. The fourth-order valence-corrected chi connectivity index (χ4v) is 3.43. The first-order valence-electron chi connectivity index (χ1n) is 6.25. The summed E-state index contributed by atoms with van der Waals surface area (Å²) in [5.41, 5.74) is 0.911. The molecule has 0 saturated heterocycles. The van der Waals surface area contributed by atoms with E-state index in [2.05, 4.69) is 17.3 Å². The number of hydrogen-bond acceptors (Lipinski definition) is 4. The van der Waals surface area contributed by atoms with E-state index < -0.39 is 0 Å². The molecule has 1 saturated carbocycles. The van der Waals surface area contributed by atoms with Crippen LogP contribution in [0.15, 0.2) is 5.38 Å². The highest BCUT2D eigenvalue weighted by atomic mass is 32.1. The molecule has 0 atom stereocenters. The summed E-state index contributed by atoms with van der Waals surface area (Å²) >= 11 is 1.75. The third-order valence-corrected chi connectivity index (χ3v) is 4.60. The van der Waals surface area contributed by atoms with Crippen molar-refractivity contribution >= 4 is 11.3 Å². The van der Waals surface area contributed by atoms with Gasteiger partial charge in [-0.25, -0.2) is 4.98 Å². The van der Waals surface area contributed by atoms with Crippen LogP contribution in [0.2, 0.25) is 0 Å². The lowest BCUT2D eigenvalue weighted by atomic mass is 9.83. The second-order valence-electron chi connectivity index (χ2n) is 4.87. The average Bonchev–Trinajstić information content (AvgIpc) is 2.81. The van der Waals surface area contributed by atoms with Crippen LogP contribution in [0.4, 0.5) is 0 Å². The van der Waals surface area contributed by atoms with Gasteiger partial charge in [-0.1, -0.05) is 19.8 Å². The molecule has 0 bridgehead atoms. The van der Waals surface area contributed by atoms with Crippen LogP contribution in [0.25, 0.3) is 0 Å². The van der Waals surface area contributed by atoms with E-state index >= 15 is 0 Å². The quantitative estimate of drug-likeness (QED) is 0.768. The molecule has 96 valence electrons. The van der Waals surface area contributed by atoms with Gasteiger partial charge >= 0.3 is 0 Å². The molecule has 0 N–H and O–H groups in total. The molecular weight excluding hydrogens is 234 g/mol. The van der Waals surface area contributed by atoms with Crippen LogP contribution in [0.5, 0.6) is 0 Å². The van der Waals surface area contributed by atoms with Gasteiger partial charge in [0.15, 0.2) is 0 Å². The Labute approximate surface area is 107 Å². The highest BCUT2D eigenvalue weighted by Gasteiger charge is 2.23. The van der Waals surface area contributed by atoms with E-state index in [4.69, 9.17) is 9.47 Å². The zero-order valence-electron chi connectivity index (χ0n) is 10.8. The fraction of sp³-hybridized carbons (Fsp3) is 0.769. The zero-order valence-corrected chi connectivity index (χ0v) is 11.6. The summed E-state index contributed by atoms with van der Waals surface area (Å²) in [7, 11) is 3.30. The van der Waals surface area contributed by atoms with Gasteiger partial charge in [-0.3, -0.25) is 0 Å². The van der Waals surface area contributed by atoms with Crippen LogP contribution in [-0.2, 0) is 9.47 Å². The zero-order chi connectivity index (χ0) is 12.3. The molecule has 0 unspecified atom stereocenters. The van der Waals surface area contributed by atoms with Crippen LogP contribution in [0.1, 0.15) is 55.5 Å². The van der Waals surface area contributed by atoms with E-state index in [1.54, 1.807) is 25.6 Å². The minimum atomic E-state index is -0.317. The van der Waals surface area contributed by atoms with Crippen molar-refractivity contribution in [2.24, 2.45) is 5.92 Å². The Kier molecular flexibility index (Phi) is 4.54. The van der Waals surface area contributed by atoms with Crippen LogP contribution < -0.4 is 0 Å². The number of nitrogens with zero attached hydrogens (tertiary/aromatic N) is 1. The van der Waals surface area contributed by atoms with E-state index in [1.165, 1.54) is 30.7 Å². The summed E-state index contributed by atoms with van der Waals surface area (Å²) < 4.78 is 10.5. The number of thiazole rings is 1. The molecule has 0 aliphatic heterocycles. The van der Waals surface area contributed by atoms with Gasteiger partial charge in [0.2, 0.25) is 6.29 Å². The largest absolute Gasteiger partial charge is 0.350 e. The maximum absolute atomic E-state index is 5.23. The SMILES string of the molecule is COC(OC)c1csc(C2CCC(C)CC2)n1. The molecule has 3 nitrogen and oxygen atoms in total. The lowest BCUT2D eigenvalue weighted by molar-refractivity contribution is -0.108. The van der Waals surface area contributed by atoms with E-state index in [-0.39, 0.29) is 6.29 Å². The van der Waals surface area contributed by atoms with Crippen molar-refractivity contribution in [1.82, 2.24) is 4.98 Å². The highest BCUT2D eigenvalue weighted by Crippen LogP contribution is 2.37. The topological polar surface area (TPSA) is 31.4 Å². The maximum Gasteiger partial charge on any atom is 0.201 e. The Hall–Kier alpha value is -0.450. The van der Waals surface area contributed by atoms with Crippen molar-refractivity contribution in [3.8, 4) is 0 Å². The molecule has 1 fully saturated rings. The molecule has 1 aliphatic carbocycles. The first kappa shape index (κ1) is 13.0. The molecule has 17 heavy (non-hydrogen) atoms. The van der Waals surface area contributed by atoms with Crippen molar-refractivity contribution in [3.05, 3.63) is 16.1 Å². The normalized spacial score (nSPS) is 25.4. The van der Waals surface area contributed by atoms with Crippen LogP contribution in [0, 0.1) is 5.92 Å². The lowest BCUT2D eigenvalue weighted by Gasteiger charge is -2.24. The Morgan fingerprint density at radius 3 is 2.47 bits per heavy atom. The monoisotopic (exact) mass is 255 g/mol. The van der Waals surface area contributed by atoms with Crippen molar-refractivity contribution in [3.63, 3.8) is 0 Å². The predicted molar refractivity (Wildman–Crippen MR) is 69.2 cm³/mol. The van der Waals surface area contributed by atoms with Crippen LogP contribution in [-0.4, -0.2) is 19.2 Å². The summed E-state index contributed by atoms with van der Waals surface area (Å²) in [6, 6.07) is 0.